The molecule has 1 aromatic carbocycles. The van der Waals surface area contributed by atoms with Gasteiger partial charge in [0.25, 0.3) is 0 Å². The second-order valence-electron chi connectivity index (χ2n) is 5.02. The molecule has 0 aliphatic carbocycles. The van der Waals surface area contributed by atoms with Crippen LogP contribution in [0.15, 0.2) is 24.3 Å². The number of unbranched alkanes of at least 4 members (excludes halogenated alkanes) is 1. The van der Waals surface area contributed by atoms with Crippen molar-refractivity contribution in [1.29, 1.82) is 0 Å². The molecule has 102 valence electrons. The highest BCUT2D eigenvalue weighted by molar-refractivity contribution is 5.24. The Balaban J connectivity index is 2.55. The normalized spacial score (nSPS) is 14.4. The van der Waals surface area contributed by atoms with Gasteiger partial charge in [-0.3, -0.25) is 0 Å². The molecule has 2 nitrogen and oxygen atoms in total. The molecule has 0 aliphatic heterocycles. The molecule has 0 fully saturated rings. The van der Waals surface area contributed by atoms with Crippen LogP contribution in [0.4, 0.5) is 0 Å². The van der Waals surface area contributed by atoms with E-state index in [9.17, 15) is 5.11 Å². The second-order valence-corrected chi connectivity index (χ2v) is 5.02. The molecule has 0 aliphatic rings. The van der Waals surface area contributed by atoms with E-state index >= 15 is 0 Å². The number of hydrogen-bond acceptors (Lipinski definition) is 2. The largest absolute Gasteiger partial charge is 0.395 e. The lowest BCUT2D eigenvalue weighted by atomic mass is 10.0. The molecule has 1 rings (SSSR count). The highest BCUT2D eigenvalue weighted by Gasteiger charge is 2.10. The predicted molar refractivity (Wildman–Crippen MR) is 77.8 cm³/mol. The lowest BCUT2D eigenvalue weighted by Gasteiger charge is -2.21. The zero-order valence-corrected chi connectivity index (χ0v) is 11.9. The lowest BCUT2D eigenvalue weighted by Crippen LogP contribution is -2.33. The molecule has 2 N–H and O–H groups in total. The summed E-state index contributed by atoms with van der Waals surface area (Å²) < 4.78 is 0. The maximum absolute atomic E-state index is 9.20. The van der Waals surface area contributed by atoms with Gasteiger partial charge in [0, 0.05) is 12.1 Å². The highest BCUT2D eigenvalue weighted by Crippen LogP contribution is 2.15. The summed E-state index contributed by atoms with van der Waals surface area (Å²) in [4.78, 5) is 0. The zero-order valence-electron chi connectivity index (χ0n) is 11.9. The van der Waals surface area contributed by atoms with Gasteiger partial charge in [0.15, 0.2) is 0 Å². The van der Waals surface area contributed by atoms with Crippen LogP contribution in [-0.2, 0) is 6.42 Å². The van der Waals surface area contributed by atoms with E-state index in [4.69, 9.17) is 0 Å². The van der Waals surface area contributed by atoms with Crippen LogP contribution in [0.2, 0.25) is 0 Å². The van der Waals surface area contributed by atoms with E-state index < -0.39 is 0 Å². The summed E-state index contributed by atoms with van der Waals surface area (Å²) in [6.45, 7) is 6.67. The standard InChI is InChI=1S/C16H27NO/c1-4-6-7-14-8-10-15(11-9-14)13(3)17-16(5-2)12-18/h8-11,13,16-18H,4-7,12H2,1-3H3/t13?,16-/m0/s1. The Morgan fingerprint density at radius 3 is 2.33 bits per heavy atom. The van der Waals surface area contributed by atoms with Gasteiger partial charge in [-0.25, -0.2) is 0 Å². The van der Waals surface area contributed by atoms with E-state index in [1.807, 2.05) is 0 Å². The Kier molecular flexibility index (Phi) is 6.99. The van der Waals surface area contributed by atoms with E-state index in [-0.39, 0.29) is 12.6 Å². The zero-order chi connectivity index (χ0) is 13.4. The summed E-state index contributed by atoms with van der Waals surface area (Å²) >= 11 is 0. The maximum Gasteiger partial charge on any atom is 0.0584 e. The predicted octanol–water partition coefficient (Wildman–Crippen LogP) is 3.45. The first-order chi connectivity index (χ1) is 8.71. The number of aliphatic hydroxyl groups is 1. The van der Waals surface area contributed by atoms with Crippen molar-refractivity contribution in [1.82, 2.24) is 5.32 Å². The average Bonchev–Trinajstić information content (AvgIpc) is 2.42. The van der Waals surface area contributed by atoms with E-state index in [2.05, 4.69) is 50.4 Å². The van der Waals surface area contributed by atoms with E-state index in [1.165, 1.54) is 30.4 Å². The maximum atomic E-state index is 9.20. The van der Waals surface area contributed by atoms with Gasteiger partial charge in [-0.15, -0.1) is 0 Å². The lowest BCUT2D eigenvalue weighted by molar-refractivity contribution is 0.230. The minimum absolute atomic E-state index is 0.194. The molecule has 0 amide bonds. The molecule has 2 atom stereocenters. The molecule has 0 bridgehead atoms. The van der Waals surface area contributed by atoms with Crippen LogP contribution in [0.3, 0.4) is 0 Å². The van der Waals surface area contributed by atoms with Crippen molar-refractivity contribution in [3.63, 3.8) is 0 Å². The molecule has 0 radical (unpaired) electrons. The number of rotatable bonds is 8. The summed E-state index contributed by atoms with van der Waals surface area (Å²) in [6, 6.07) is 9.34. The van der Waals surface area contributed by atoms with Crippen LogP contribution in [0, 0.1) is 0 Å². The minimum Gasteiger partial charge on any atom is -0.395 e. The number of aliphatic hydroxyl groups excluding tert-OH is 1. The third kappa shape index (κ3) is 4.79. The highest BCUT2D eigenvalue weighted by atomic mass is 16.3. The minimum atomic E-state index is 0.194. The van der Waals surface area contributed by atoms with Gasteiger partial charge in [0.2, 0.25) is 0 Å². The second kappa shape index (κ2) is 8.28. The fraction of sp³-hybridized carbons (Fsp3) is 0.625. The Hall–Kier alpha value is -0.860. The van der Waals surface area contributed by atoms with Crippen LogP contribution in [0.25, 0.3) is 0 Å². The Morgan fingerprint density at radius 2 is 1.83 bits per heavy atom. The van der Waals surface area contributed by atoms with E-state index in [1.54, 1.807) is 0 Å². The number of benzene rings is 1. The summed E-state index contributed by atoms with van der Waals surface area (Å²) in [6.07, 6.45) is 4.63. The van der Waals surface area contributed by atoms with Gasteiger partial charge in [-0.05, 0) is 37.3 Å². The molecule has 0 heterocycles. The van der Waals surface area contributed by atoms with Crippen molar-refractivity contribution < 1.29 is 5.11 Å². The quantitative estimate of drug-likeness (QED) is 0.739. The van der Waals surface area contributed by atoms with Crippen molar-refractivity contribution >= 4 is 0 Å². The molecule has 0 spiro atoms. The van der Waals surface area contributed by atoms with Crippen molar-refractivity contribution in [3.05, 3.63) is 35.4 Å². The molecule has 0 aromatic heterocycles. The van der Waals surface area contributed by atoms with Gasteiger partial charge in [0.1, 0.15) is 0 Å². The molecule has 18 heavy (non-hydrogen) atoms. The number of aryl methyl sites for hydroxylation is 1. The van der Waals surface area contributed by atoms with Gasteiger partial charge in [-0.1, -0.05) is 44.5 Å². The third-order valence-electron chi connectivity index (χ3n) is 3.50. The Morgan fingerprint density at radius 1 is 1.17 bits per heavy atom. The number of hydrogen-bond donors (Lipinski definition) is 2. The first kappa shape index (κ1) is 15.2. The smallest absolute Gasteiger partial charge is 0.0584 e. The van der Waals surface area contributed by atoms with Crippen LogP contribution in [0.1, 0.15) is 57.2 Å². The van der Waals surface area contributed by atoms with Crippen LogP contribution >= 0.6 is 0 Å². The fourth-order valence-electron chi connectivity index (χ4n) is 2.10. The van der Waals surface area contributed by atoms with Crippen LogP contribution in [-0.4, -0.2) is 17.8 Å². The first-order valence-electron chi connectivity index (χ1n) is 7.17. The Labute approximate surface area is 111 Å². The number of nitrogens with one attached hydrogen (secondary N) is 1. The third-order valence-corrected chi connectivity index (χ3v) is 3.50. The van der Waals surface area contributed by atoms with Crippen molar-refractivity contribution in [2.24, 2.45) is 0 Å². The molecular formula is C16H27NO. The summed E-state index contributed by atoms with van der Waals surface area (Å²) in [5.41, 5.74) is 2.71. The van der Waals surface area contributed by atoms with Gasteiger partial charge >= 0.3 is 0 Å². The van der Waals surface area contributed by atoms with Crippen molar-refractivity contribution in [2.75, 3.05) is 6.61 Å². The monoisotopic (exact) mass is 249 g/mol. The fourth-order valence-corrected chi connectivity index (χ4v) is 2.10. The first-order valence-corrected chi connectivity index (χ1v) is 7.17. The topological polar surface area (TPSA) is 32.3 Å². The van der Waals surface area contributed by atoms with Gasteiger partial charge in [-0.2, -0.15) is 0 Å². The summed E-state index contributed by atoms with van der Waals surface area (Å²) in [5.74, 6) is 0. The van der Waals surface area contributed by atoms with Gasteiger partial charge < -0.3 is 10.4 Å². The molecule has 0 saturated heterocycles. The molecule has 1 aromatic rings. The van der Waals surface area contributed by atoms with Crippen molar-refractivity contribution in [3.8, 4) is 0 Å². The summed E-state index contributed by atoms with van der Waals surface area (Å²) in [5, 5.41) is 12.6. The SMILES string of the molecule is CCCCc1ccc(C(C)N[C@@H](CC)CO)cc1. The molecule has 1 unspecified atom stereocenters. The molecule has 2 heteroatoms. The summed E-state index contributed by atoms with van der Waals surface area (Å²) in [7, 11) is 0. The van der Waals surface area contributed by atoms with Crippen LogP contribution < -0.4 is 5.32 Å². The molecular weight excluding hydrogens is 222 g/mol. The molecule has 0 saturated carbocycles. The Bertz CT molecular complexity index is 316. The van der Waals surface area contributed by atoms with E-state index in [0.717, 1.165) is 6.42 Å². The average molecular weight is 249 g/mol. The van der Waals surface area contributed by atoms with Crippen LogP contribution in [0.5, 0.6) is 0 Å². The van der Waals surface area contributed by atoms with Gasteiger partial charge in [0.05, 0.1) is 6.61 Å². The van der Waals surface area contributed by atoms with E-state index in [0.29, 0.717) is 6.04 Å². The van der Waals surface area contributed by atoms with Crippen molar-refractivity contribution in [2.45, 2.75) is 58.5 Å².